The van der Waals surface area contributed by atoms with Crippen LogP contribution in [0.15, 0.2) is 54.7 Å². The molecule has 10 nitrogen and oxygen atoms in total. The lowest BCUT2D eigenvalue weighted by Crippen LogP contribution is -2.43. The number of allylic oxidation sites excluding steroid dienone is 1. The lowest BCUT2D eigenvalue weighted by Gasteiger charge is -2.31. The van der Waals surface area contributed by atoms with Gasteiger partial charge in [0.05, 0.1) is 52.3 Å². The number of carboxylic acid groups (broad SMARTS) is 1. The Balaban J connectivity index is 1.48. The van der Waals surface area contributed by atoms with Crippen molar-refractivity contribution in [2.45, 2.75) is 6.54 Å². The van der Waals surface area contributed by atoms with Crippen molar-refractivity contribution in [3.63, 3.8) is 0 Å². The number of ether oxygens (including phenoxy) is 1. The number of fused-ring (bicyclic) bond motifs is 1. The lowest BCUT2D eigenvalue weighted by molar-refractivity contribution is 0.0695. The van der Waals surface area contributed by atoms with E-state index in [9.17, 15) is 19.5 Å². The molecule has 3 aromatic carbocycles. The number of benzene rings is 3. The first kappa shape index (κ1) is 29.1. The van der Waals surface area contributed by atoms with E-state index in [4.69, 9.17) is 33.3 Å². The molecule has 4 N–H and O–H groups in total. The number of carbonyl (C=O) groups is 3. The smallest absolute Gasteiger partial charge is 0.337 e. The molecule has 12 heteroatoms. The van der Waals surface area contributed by atoms with Crippen molar-refractivity contribution in [1.82, 2.24) is 10.2 Å². The highest BCUT2D eigenvalue weighted by atomic mass is 35.5. The van der Waals surface area contributed by atoms with Crippen LogP contribution < -0.4 is 15.5 Å². The number of nitrogens with zero attached hydrogens (tertiary/aromatic N) is 2. The van der Waals surface area contributed by atoms with Crippen LogP contribution in [-0.2, 0) is 11.3 Å². The highest BCUT2D eigenvalue weighted by molar-refractivity contribution is 6.40. The van der Waals surface area contributed by atoms with Gasteiger partial charge in [0.25, 0.3) is 5.91 Å². The van der Waals surface area contributed by atoms with Gasteiger partial charge in [0.2, 0.25) is 0 Å². The zero-order valence-electron chi connectivity index (χ0n) is 22.5. The van der Waals surface area contributed by atoms with Gasteiger partial charge in [-0.05, 0) is 41.0 Å². The van der Waals surface area contributed by atoms with Crippen LogP contribution in [0.4, 0.5) is 16.2 Å². The van der Waals surface area contributed by atoms with E-state index >= 15 is 0 Å². The maximum atomic E-state index is 13.6. The predicted octanol–water partition coefficient (Wildman–Crippen LogP) is 5.59. The van der Waals surface area contributed by atoms with E-state index in [1.807, 2.05) is 17.0 Å². The molecule has 0 spiro atoms. The predicted molar refractivity (Wildman–Crippen MR) is 163 cm³/mol. The highest BCUT2D eigenvalue weighted by Gasteiger charge is 2.33. The molecule has 3 aromatic rings. The minimum absolute atomic E-state index is 0.0231. The van der Waals surface area contributed by atoms with Crippen LogP contribution in [0.5, 0.6) is 0 Å². The molecule has 0 radical (unpaired) electrons. The van der Waals surface area contributed by atoms with Crippen LogP contribution in [0.2, 0.25) is 10.0 Å². The van der Waals surface area contributed by atoms with Crippen molar-refractivity contribution in [2.24, 2.45) is 0 Å². The van der Waals surface area contributed by atoms with Gasteiger partial charge >= 0.3 is 12.0 Å². The summed E-state index contributed by atoms with van der Waals surface area (Å²) < 4.78 is 5.43. The minimum Gasteiger partial charge on any atom is -0.478 e. The first-order chi connectivity index (χ1) is 20.2. The largest absolute Gasteiger partial charge is 0.478 e. The Kier molecular flexibility index (Phi) is 8.49. The first-order valence-corrected chi connectivity index (χ1v) is 13.8. The number of para-hydroxylation sites is 1. The van der Waals surface area contributed by atoms with E-state index in [0.29, 0.717) is 59.9 Å². The summed E-state index contributed by atoms with van der Waals surface area (Å²) in [6.07, 6.45) is 2.73. The molecule has 42 heavy (non-hydrogen) atoms. The van der Waals surface area contributed by atoms with Crippen LogP contribution in [0, 0.1) is 5.41 Å². The normalized spacial score (nSPS) is 15.1. The van der Waals surface area contributed by atoms with Gasteiger partial charge in [-0.2, -0.15) is 0 Å². The fraction of sp³-hybridized carbons (Fsp3) is 0.200. The summed E-state index contributed by atoms with van der Waals surface area (Å²) in [5.74, 6) is -1.70. The van der Waals surface area contributed by atoms with Gasteiger partial charge < -0.3 is 30.8 Å². The van der Waals surface area contributed by atoms with E-state index in [2.05, 4.69) is 10.6 Å². The number of aromatic carboxylic acids is 1. The van der Waals surface area contributed by atoms with E-state index in [0.717, 1.165) is 16.7 Å². The summed E-state index contributed by atoms with van der Waals surface area (Å²) in [6.45, 7) is 2.08. The number of imide groups is 1. The Morgan fingerprint density at radius 3 is 2.45 bits per heavy atom. The summed E-state index contributed by atoms with van der Waals surface area (Å²) in [4.78, 5) is 41.8. The van der Waals surface area contributed by atoms with Gasteiger partial charge in [0.1, 0.15) is 0 Å². The molecule has 2 aliphatic heterocycles. The molecule has 1 fully saturated rings. The van der Waals surface area contributed by atoms with Crippen molar-refractivity contribution in [3.8, 4) is 11.1 Å². The fourth-order valence-corrected chi connectivity index (χ4v) is 5.74. The Hall–Kier alpha value is -4.38. The number of nitrogens with one attached hydrogen (secondary N) is 3. The summed E-state index contributed by atoms with van der Waals surface area (Å²) in [5.41, 5.74) is 4.39. The first-order valence-electron chi connectivity index (χ1n) is 13.1. The average molecular weight is 608 g/mol. The molecule has 0 bridgehead atoms. The van der Waals surface area contributed by atoms with Gasteiger partial charge in [-0.1, -0.05) is 47.5 Å². The van der Waals surface area contributed by atoms with Crippen molar-refractivity contribution < 1.29 is 24.2 Å². The maximum Gasteiger partial charge on any atom is 0.337 e. The molecule has 216 valence electrons. The van der Waals surface area contributed by atoms with Crippen molar-refractivity contribution in [1.29, 1.82) is 5.41 Å². The van der Waals surface area contributed by atoms with Gasteiger partial charge in [-0.15, -0.1) is 0 Å². The highest BCUT2D eigenvalue weighted by Crippen LogP contribution is 2.38. The number of carboxylic acids is 1. The average Bonchev–Trinajstić information content (AvgIpc) is 2.98. The topological polar surface area (TPSA) is 135 Å². The number of hydrogen-bond acceptors (Lipinski definition) is 7. The Labute approximate surface area is 252 Å². The second kappa shape index (κ2) is 12.2. The second-order valence-electron chi connectivity index (χ2n) is 9.65. The number of carbonyl (C=O) groups excluding carboxylic acids is 2. The number of anilines is 2. The summed E-state index contributed by atoms with van der Waals surface area (Å²) >= 11 is 13.0. The van der Waals surface area contributed by atoms with Crippen LogP contribution in [0.3, 0.4) is 0 Å². The summed E-state index contributed by atoms with van der Waals surface area (Å²) in [6, 6.07) is 12.9. The molecule has 2 aliphatic rings. The number of amides is 3. The minimum atomic E-state index is -1.03. The van der Waals surface area contributed by atoms with Crippen LogP contribution in [0.25, 0.3) is 16.7 Å². The number of rotatable bonds is 7. The third-order valence-corrected chi connectivity index (χ3v) is 7.73. The Bertz CT molecular complexity index is 1610. The summed E-state index contributed by atoms with van der Waals surface area (Å²) in [7, 11) is 1.69. The van der Waals surface area contributed by atoms with E-state index in [1.165, 1.54) is 12.1 Å². The van der Waals surface area contributed by atoms with Gasteiger partial charge in [-0.25, -0.2) is 9.59 Å². The third-order valence-electron chi connectivity index (χ3n) is 7.14. The maximum absolute atomic E-state index is 13.6. The quantitative estimate of drug-likeness (QED) is 0.257. The molecule has 3 amide bonds. The van der Waals surface area contributed by atoms with Gasteiger partial charge in [0, 0.05) is 43.7 Å². The van der Waals surface area contributed by atoms with Gasteiger partial charge in [0.15, 0.2) is 0 Å². The molecule has 0 aromatic heterocycles. The molecule has 0 aliphatic carbocycles. The van der Waals surface area contributed by atoms with E-state index in [-0.39, 0.29) is 27.7 Å². The number of morpholine rings is 1. The molecule has 0 atom stereocenters. The zero-order chi connectivity index (χ0) is 30.0. The molecule has 0 unspecified atom stereocenters. The van der Waals surface area contributed by atoms with E-state index in [1.54, 1.807) is 37.5 Å². The Morgan fingerprint density at radius 1 is 1.10 bits per heavy atom. The number of hydrogen-bond donors (Lipinski definition) is 4. The Morgan fingerprint density at radius 2 is 1.81 bits per heavy atom. The van der Waals surface area contributed by atoms with E-state index < -0.39 is 17.9 Å². The molecule has 0 saturated carbocycles. The van der Waals surface area contributed by atoms with Crippen molar-refractivity contribution in [3.05, 3.63) is 87.0 Å². The van der Waals surface area contributed by atoms with Crippen LogP contribution in [0.1, 0.15) is 31.8 Å². The fourth-order valence-electron chi connectivity index (χ4n) is 5.09. The lowest BCUT2D eigenvalue weighted by atomic mass is 9.96. The molecule has 1 saturated heterocycles. The second-order valence-corrected chi connectivity index (χ2v) is 10.5. The van der Waals surface area contributed by atoms with Crippen LogP contribution >= 0.6 is 23.2 Å². The van der Waals surface area contributed by atoms with Gasteiger partial charge in [-0.3, -0.25) is 9.69 Å². The SMILES string of the molecule is CN/C=C(\C=N)c1cc(Cl)c(C(=O)N2Cc3cccc(-c4ccc(C(=O)O)c(N5CCOCC5)c4)c3NC2=O)c(Cl)c1. The number of urea groups is 1. The van der Waals surface area contributed by atoms with Crippen LogP contribution in [-0.4, -0.2) is 67.5 Å². The monoisotopic (exact) mass is 607 g/mol. The molecule has 2 heterocycles. The third kappa shape index (κ3) is 5.56. The van der Waals surface area contributed by atoms with Crippen molar-refractivity contribution >= 4 is 64.3 Å². The molecule has 5 rings (SSSR count). The number of halogens is 2. The standard InChI is InChI=1S/C30H27Cl2N5O5/c1-34-15-20(14-33)19-11-23(31)26(24(32)12-19)28(38)37-16-18-3-2-4-21(27(18)35-30(37)41)17-5-6-22(29(39)40)25(13-17)36-7-9-42-10-8-36/h2-6,11-15,33-34H,7-10,16H2,1H3,(H,35,41)(H,39,40)/b20-15+,33-14?. The zero-order valence-corrected chi connectivity index (χ0v) is 24.1. The van der Waals surface area contributed by atoms with Crippen molar-refractivity contribution in [2.75, 3.05) is 43.6 Å². The summed E-state index contributed by atoms with van der Waals surface area (Å²) in [5, 5.41) is 23.2. The molecular weight excluding hydrogens is 581 g/mol. The molecular formula is C30H27Cl2N5O5.